The van der Waals surface area contributed by atoms with Crippen molar-refractivity contribution >= 4 is 44.7 Å². The highest BCUT2D eigenvalue weighted by molar-refractivity contribution is 8.03. The number of allylic oxidation sites excluding steroid dienone is 2. The largest absolute Gasteiger partial charge is 0.398 e. The number of aromatic nitrogens is 1. The fourth-order valence-corrected chi connectivity index (χ4v) is 4.88. The molecule has 2 heterocycles. The minimum atomic E-state index is -4.10. The lowest BCUT2D eigenvalue weighted by molar-refractivity contribution is -0.673. The Morgan fingerprint density at radius 2 is 1.97 bits per heavy atom. The maximum atomic E-state index is 11.3. The Kier molecular flexibility index (Phi) is 6.19. The van der Waals surface area contributed by atoms with Crippen LogP contribution < -0.4 is 9.63 Å². The summed E-state index contributed by atoms with van der Waals surface area (Å²) in [6, 6.07) is 15.4. The molecular formula is C22H23N2O5S2+. The summed E-state index contributed by atoms with van der Waals surface area (Å²) in [4.78, 5) is 6.95. The molecule has 4 rings (SSSR count). The zero-order chi connectivity index (χ0) is 22.0. The standard InChI is InChI=1S/C22H22N2O5S2/c1-3-28-24-18-9-5-7-11-20(18)30-22(24)15-16(2)14-21-23(12-13-31(25,26)27)17-8-4-6-10-19(17)29-21/h4-11,14-15H,3,12-13H2,1-2H3/p+1. The summed E-state index contributed by atoms with van der Waals surface area (Å²) in [5.74, 6) is 0.105. The minimum absolute atomic E-state index is 0.0802. The van der Waals surface area contributed by atoms with Gasteiger partial charge in [-0.3, -0.25) is 9.39 Å². The van der Waals surface area contributed by atoms with E-state index in [4.69, 9.17) is 9.25 Å². The van der Waals surface area contributed by atoms with Crippen molar-refractivity contribution < 1.29 is 26.8 Å². The van der Waals surface area contributed by atoms with Crippen molar-refractivity contribution in [2.24, 2.45) is 0 Å². The molecule has 0 radical (unpaired) electrons. The summed E-state index contributed by atoms with van der Waals surface area (Å²) in [7, 11) is -4.10. The maximum Gasteiger partial charge on any atom is 0.374 e. The number of hydrogen-bond acceptors (Lipinski definition) is 6. The van der Waals surface area contributed by atoms with Gasteiger partial charge in [-0.25, -0.2) is 5.06 Å². The van der Waals surface area contributed by atoms with Crippen LogP contribution in [0.3, 0.4) is 0 Å². The van der Waals surface area contributed by atoms with Crippen LogP contribution >= 0.6 is 11.8 Å². The third-order valence-corrected chi connectivity index (χ3v) is 6.43. The monoisotopic (exact) mass is 459 g/mol. The molecule has 1 aliphatic rings. The fourth-order valence-electron chi connectivity index (χ4n) is 3.36. The average Bonchev–Trinajstić information content (AvgIpc) is 3.24. The zero-order valence-corrected chi connectivity index (χ0v) is 18.8. The van der Waals surface area contributed by atoms with Crippen molar-refractivity contribution in [1.29, 1.82) is 0 Å². The van der Waals surface area contributed by atoms with E-state index >= 15 is 0 Å². The Balaban J connectivity index is 1.70. The molecule has 0 aliphatic carbocycles. The summed E-state index contributed by atoms with van der Waals surface area (Å²) in [6.45, 7) is 4.50. The number of nitrogens with zero attached hydrogens (tertiary/aromatic N) is 2. The molecule has 31 heavy (non-hydrogen) atoms. The van der Waals surface area contributed by atoms with Gasteiger partial charge < -0.3 is 4.42 Å². The molecule has 162 valence electrons. The molecule has 2 aromatic carbocycles. The molecule has 0 bridgehead atoms. The predicted molar refractivity (Wildman–Crippen MR) is 121 cm³/mol. The van der Waals surface area contributed by atoms with Crippen LogP contribution in [0, 0.1) is 0 Å². The van der Waals surface area contributed by atoms with E-state index in [0.29, 0.717) is 18.1 Å². The van der Waals surface area contributed by atoms with Crippen molar-refractivity contribution in [1.82, 2.24) is 0 Å². The Bertz CT molecular complexity index is 1280. The van der Waals surface area contributed by atoms with E-state index in [1.807, 2.05) is 73.5 Å². The van der Waals surface area contributed by atoms with Gasteiger partial charge in [0.15, 0.2) is 6.54 Å². The molecule has 0 saturated carbocycles. The quantitative estimate of drug-likeness (QED) is 0.414. The molecule has 7 nitrogen and oxygen atoms in total. The lowest BCUT2D eigenvalue weighted by atomic mass is 10.2. The zero-order valence-electron chi connectivity index (χ0n) is 17.2. The maximum absolute atomic E-state index is 11.3. The van der Waals surface area contributed by atoms with Crippen molar-refractivity contribution in [2.75, 3.05) is 17.4 Å². The Labute approximate surface area is 185 Å². The highest BCUT2D eigenvalue weighted by atomic mass is 32.2. The van der Waals surface area contributed by atoms with E-state index in [1.165, 1.54) is 0 Å². The normalized spacial score (nSPS) is 15.8. The second-order valence-corrected chi connectivity index (χ2v) is 9.63. The van der Waals surface area contributed by atoms with Crippen LogP contribution in [-0.4, -0.2) is 25.3 Å². The van der Waals surface area contributed by atoms with E-state index in [9.17, 15) is 13.0 Å². The van der Waals surface area contributed by atoms with Crippen LogP contribution in [0.5, 0.6) is 0 Å². The molecule has 0 spiro atoms. The van der Waals surface area contributed by atoms with Gasteiger partial charge >= 0.3 is 5.89 Å². The number of benzene rings is 2. The molecule has 1 aliphatic heterocycles. The molecule has 9 heteroatoms. The van der Waals surface area contributed by atoms with Crippen molar-refractivity contribution in [3.8, 4) is 0 Å². The van der Waals surface area contributed by atoms with E-state index in [0.717, 1.165) is 26.7 Å². The summed E-state index contributed by atoms with van der Waals surface area (Å²) in [5.41, 5.74) is 3.31. The van der Waals surface area contributed by atoms with Crippen molar-refractivity contribution in [3.63, 3.8) is 0 Å². The summed E-state index contributed by atoms with van der Waals surface area (Å²) in [6.07, 6.45) is 3.85. The molecule has 1 aromatic heterocycles. The van der Waals surface area contributed by atoms with Gasteiger partial charge in [0, 0.05) is 11.0 Å². The Morgan fingerprint density at radius 3 is 2.74 bits per heavy atom. The molecule has 0 amide bonds. The second-order valence-electron chi connectivity index (χ2n) is 7.00. The third-order valence-electron chi connectivity index (χ3n) is 4.67. The molecule has 0 unspecified atom stereocenters. The number of oxazole rings is 1. The topological polar surface area (TPSA) is 83.9 Å². The van der Waals surface area contributed by atoms with E-state index in [2.05, 4.69) is 6.07 Å². The SMILES string of the molecule is CCON1C(=CC(C)=Cc2oc3ccccc3[n+]2CCS(=O)(=O)O)Sc2ccccc21. The van der Waals surface area contributed by atoms with Crippen LogP contribution in [-0.2, 0) is 21.5 Å². The average molecular weight is 460 g/mol. The first-order valence-corrected chi connectivity index (χ1v) is 12.2. The van der Waals surface area contributed by atoms with Gasteiger partial charge in [0.1, 0.15) is 10.8 Å². The first kappa shape index (κ1) is 21.6. The summed E-state index contributed by atoms with van der Waals surface area (Å²) >= 11 is 1.62. The van der Waals surface area contributed by atoms with Crippen LogP contribution in [0.25, 0.3) is 17.2 Å². The Morgan fingerprint density at radius 1 is 1.23 bits per heavy atom. The van der Waals surface area contributed by atoms with Gasteiger partial charge in [-0.05, 0) is 43.7 Å². The van der Waals surface area contributed by atoms with Gasteiger partial charge in [-0.15, -0.1) is 0 Å². The minimum Gasteiger partial charge on any atom is -0.398 e. The van der Waals surface area contributed by atoms with E-state index in [-0.39, 0.29) is 6.54 Å². The number of fused-ring (bicyclic) bond motifs is 2. The number of thioether (sulfide) groups is 1. The number of rotatable bonds is 7. The smallest absolute Gasteiger partial charge is 0.374 e. The lowest BCUT2D eigenvalue weighted by Crippen LogP contribution is -2.38. The molecule has 3 aromatic rings. The van der Waals surface area contributed by atoms with Crippen LogP contribution in [0.15, 0.2) is 74.5 Å². The molecule has 0 saturated heterocycles. The molecule has 0 atom stereocenters. The first-order chi connectivity index (χ1) is 14.9. The number of hydrogen-bond donors (Lipinski definition) is 1. The van der Waals surface area contributed by atoms with Crippen molar-refractivity contribution in [3.05, 3.63) is 71.1 Å². The van der Waals surface area contributed by atoms with Gasteiger partial charge in [-0.1, -0.05) is 36.0 Å². The van der Waals surface area contributed by atoms with E-state index in [1.54, 1.807) is 16.3 Å². The first-order valence-electron chi connectivity index (χ1n) is 9.82. The van der Waals surface area contributed by atoms with Crippen LogP contribution in [0.2, 0.25) is 0 Å². The van der Waals surface area contributed by atoms with Gasteiger partial charge in [0.2, 0.25) is 5.58 Å². The fraction of sp³-hybridized carbons (Fsp3) is 0.227. The Hall–Kier alpha value is -2.59. The number of aryl methyl sites for hydroxylation is 1. The van der Waals surface area contributed by atoms with Gasteiger partial charge in [-0.2, -0.15) is 13.0 Å². The highest BCUT2D eigenvalue weighted by Crippen LogP contribution is 2.46. The number of hydroxylamine groups is 1. The number of para-hydroxylation sites is 3. The van der Waals surface area contributed by atoms with E-state index < -0.39 is 15.9 Å². The lowest BCUT2D eigenvalue weighted by Gasteiger charge is -2.18. The van der Waals surface area contributed by atoms with Gasteiger partial charge in [0.05, 0.1) is 18.4 Å². The third kappa shape index (κ3) is 4.85. The van der Waals surface area contributed by atoms with Crippen molar-refractivity contribution in [2.45, 2.75) is 25.3 Å². The highest BCUT2D eigenvalue weighted by Gasteiger charge is 2.26. The van der Waals surface area contributed by atoms with Crippen LogP contribution in [0.1, 0.15) is 19.7 Å². The molecular weight excluding hydrogens is 436 g/mol. The molecule has 1 N–H and O–H groups in total. The predicted octanol–water partition coefficient (Wildman–Crippen LogP) is 4.42. The summed E-state index contributed by atoms with van der Waals surface area (Å²) < 4.78 is 39.5. The van der Waals surface area contributed by atoms with Gasteiger partial charge in [0.25, 0.3) is 15.6 Å². The summed E-state index contributed by atoms with van der Waals surface area (Å²) in [5, 5.41) is 2.75. The molecule has 0 fully saturated rings. The second kappa shape index (κ2) is 8.88. The number of anilines is 1. The van der Waals surface area contributed by atoms with Crippen LogP contribution in [0.4, 0.5) is 5.69 Å².